The van der Waals surface area contributed by atoms with Gasteiger partial charge < -0.3 is 29.0 Å². The lowest BCUT2D eigenvalue weighted by Gasteiger charge is -2.22. The Labute approximate surface area is 155 Å². The van der Waals surface area contributed by atoms with Crippen molar-refractivity contribution in [1.29, 1.82) is 0 Å². The summed E-state index contributed by atoms with van der Waals surface area (Å²) in [5.74, 6) is 1.15. The fraction of sp³-hybridized carbons (Fsp3) is 0.250. The molecule has 0 fully saturated rings. The zero-order valence-corrected chi connectivity index (χ0v) is 14.7. The molecule has 0 aliphatic carbocycles. The molecule has 0 saturated heterocycles. The predicted octanol–water partition coefficient (Wildman–Crippen LogP) is 2.83. The Balaban J connectivity index is 1.69. The Bertz CT molecular complexity index is 996. The summed E-state index contributed by atoms with van der Waals surface area (Å²) < 4.78 is 21.8. The molecule has 0 radical (unpaired) electrons. The van der Waals surface area contributed by atoms with E-state index in [1.807, 2.05) is 25.3 Å². The van der Waals surface area contributed by atoms with Crippen molar-refractivity contribution < 1.29 is 28.8 Å². The zero-order chi connectivity index (χ0) is 18.5. The van der Waals surface area contributed by atoms with Crippen LogP contribution in [0.1, 0.15) is 27.0 Å². The molecule has 1 N–H and O–H groups in total. The molecule has 0 amide bonds. The van der Waals surface area contributed by atoms with Crippen LogP contribution in [0.4, 0.5) is 0 Å². The molecule has 27 heavy (non-hydrogen) atoms. The van der Waals surface area contributed by atoms with E-state index in [4.69, 9.17) is 18.9 Å². The molecule has 7 heteroatoms. The van der Waals surface area contributed by atoms with Crippen LogP contribution in [0.25, 0.3) is 11.8 Å². The van der Waals surface area contributed by atoms with Gasteiger partial charge in [0.15, 0.2) is 23.0 Å². The summed E-state index contributed by atoms with van der Waals surface area (Å²) in [6.45, 7) is 0.992. The number of likely N-dealkylation sites (N-methyl/N-ethyl adjacent to an activating group) is 1. The number of hydrogen-bond acceptors (Lipinski definition) is 6. The predicted molar refractivity (Wildman–Crippen MR) is 96.3 cm³/mol. The van der Waals surface area contributed by atoms with Gasteiger partial charge in [-0.3, -0.25) is 0 Å². The molecule has 0 bridgehead atoms. The number of carbonyl (C=O) groups is 1. The Hall–Kier alpha value is -3.35. The Morgan fingerprint density at radius 2 is 1.78 bits per heavy atom. The van der Waals surface area contributed by atoms with Crippen molar-refractivity contribution in [3.63, 3.8) is 0 Å². The van der Waals surface area contributed by atoms with E-state index in [9.17, 15) is 9.90 Å². The van der Waals surface area contributed by atoms with Gasteiger partial charge in [-0.15, -0.1) is 0 Å². The highest BCUT2D eigenvalue weighted by atomic mass is 16.7. The van der Waals surface area contributed by atoms with Gasteiger partial charge in [-0.25, -0.2) is 4.79 Å². The Kier molecular flexibility index (Phi) is 3.43. The molecule has 3 aliphatic heterocycles. The fourth-order valence-electron chi connectivity index (χ4n) is 3.70. The van der Waals surface area contributed by atoms with E-state index in [1.165, 1.54) is 0 Å². The highest BCUT2D eigenvalue weighted by molar-refractivity contribution is 6.00. The smallest absolute Gasteiger partial charge is 0.340 e. The van der Waals surface area contributed by atoms with Crippen LogP contribution in [-0.4, -0.2) is 43.2 Å². The van der Waals surface area contributed by atoms with Crippen LogP contribution in [0.15, 0.2) is 24.3 Å². The molecule has 0 atom stereocenters. The first-order chi connectivity index (χ1) is 13.1. The average Bonchev–Trinajstić information content (AvgIpc) is 3.27. The van der Waals surface area contributed by atoms with E-state index in [1.54, 1.807) is 12.1 Å². The lowest BCUT2D eigenvalue weighted by atomic mass is 9.99. The summed E-state index contributed by atoms with van der Waals surface area (Å²) in [5, 5.41) is 9.82. The third-order valence-corrected chi connectivity index (χ3v) is 5.08. The van der Waals surface area contributed by atoms with Crippen molar-refractivity contribution in [2.24, 2.45) is 0 Å². The first kappa shape index (κ1) is 15.9. The SMILES string of the molecule is CN1CCc2cc3c(cc2C=C1c1ccc2c(c1C(=O)O)OCO2)OCO3. The number of aromatic carboxylic acids is 1. The first-order valence-corrected chi connectivity index (χ1v) is 8.63. The molecule has 0 aromatic heterocycles. The van der Waals surface area contributed by atoms with Gasteiger partial charge in [0.25, 0.3) is 0 Å². The van der Waals surface area contributed by atoms with E-state index in [-0.39, 0.29) is 24.9 Å². The lowest BCUT2D eigenvalue weighted by Crippen LogP contribution is -2.20. The van der Waals surface area contributed by atoms with Crippen molar-refractivity contribution in [3.05, 3.63) is 46.5 Å². The van der Waals surface area contributed by atoms with Crippen LogP contribution in [0.3, 0.4) is 0 Å². The van der Waals surface area contributed by atoms with Gasteiger partial charge in [-0.2, -0.15) is 0 Å². The number of carboxylic acids is 1. The molecule has 0 saturated carbocycles. The zero-order valence-electron chi connectivity index (χ0n) is 14.7. The average molecular weight is 367 g/mol. The maximum Gasteiger partial charge on any atom is 0.340 e. The topological polar surface area (TPSA) is 77.5 Å². The summed E-state index contributed by atoms with van der Waals surface area (Å²) >= 11 is 0. The molecule has 5 rings (SSSR count). The van der Waals surface area contributed by atoms with Gasteiger partial charge in [0.05, 0.1) is 0 Å². The van der Waals surface area contributed by atoms with Crippen LogP contribution in [0, 0.1) is 0 Å². The summed E-state index contributed by atoms with van der Waals surface area (Å²) in [5.41, 5.74) is 3.65. The van der Waals surface area contributed by atoms with Crippen LogP contribution >= 0.6 is 0 Å². The van der Waals surface area contributed by atoms with Crippen molar-refractivity contribution in [3.8, 4) is 23.0 Å². The second-order valence-corrected chi connectivity index (χ2v) is 6.63. The van der Waals surface area contributed by atoms with Gasteiger partial charge in [-0.1, -0.05) is 0 Å². The minimum atomic E-state index is -1.04. The third kappa shape index (κ3) is 2.46. The van der Waals surface area contributed by atoms with Crippen molar-refractivity contribution in [2.45, 2.75) is 6.42 Å². The Morgan fingerprint density at radius 1 is 1.04 bits per heavy atom. The molecule has 3 aliphatic rings. The normalized spacial score (nSPS) is 16.6. The molecule has 138 valence electrons. The quantitative estimate of drug-likeness (QED) is 0.874. The first-order valence-electron chi connectivity index (χ1n) is 8.63. The van der Waals surface area contributed by atoms with E-state index < -0.39 is 5.97 Å². The second kappa shape index (κ2) is 5.84. The maximum atomic E-state index is 12.0. The summed E-state index contributed by atoms with van der Waals surface area (Å²) in [6.07, 6.45) is 2.81. The number of carboxylic acid groups (broad SMARTS) is 1. The molecule has 3 heterocycles. The maximum absolute atomic E-state index is 12.0. The minimum Gasteiger partial charge on any atom is -0.478 e. The molecule has 0 unspecified atom stereocenters. The van der Waals surface area contributed by atoms with E-state index in [2.05, 4.69) is 4.90 Å². The number of rotatable bonds is 2. The lowest BCUT2D eigenvalue weighted by molar-refractivity contribution is 0.0691. The van der Waals surface area contributed by atoms with Crippen LogP contribution in [0.2, 0.25) is 0 Å². The highest BCUT2D eigenvalue weighted by Gasteiger charge is 2.29. The number of benzene rings is 2. The van der Waals surface area contributed by atoms with Crippen LogP contribution in [0.5, 0.6) is 23.0 Å². The monoisotopic (exact) mass is 367 g/mol. The Morgan fingerprint density at radius 3 is 2.59 bits per heavy atom. The largest absolute Gasteiger partial charge is 0.478 e. The van der Waals surface area contributed by atoms with E-state index in [0.717, 1.165) is 35.5 Å². The van der Waals surface area contributed by atoms with Gasteiger partial charge in [-0.05, 0) is 47.9 Å². The van der Waals surface area contributed by atoms with Crippen LogP contribution in [-0.2, 0) is 6.42 Å². The summed E-state index contributed by atoms with van der Waals surface area (Å²) in [7, 11) is 1.95. The third-order valence-electron chi connectivity index (χ3n) is 5.08. The van der Waals surface area contributed by atoms with Crippen molar-refractivity contribution in [2.75, 3.05) is 27.2 Å². The molecule has 2 aromatic carbocycles. The van der Waals surface area contributed by atoms with Crippen molar-refractivity contribution in [1.82, 2.24) is 4.90 Å². The van der Waals surface area contributed by atoms with Gasteiger partial charge in [0.1, 0.15) is 5.56 Å². The second-order valence-electron chi connectivity index (χ2n) is 6.63. The van der Waals surface area contributed by atoms with Gasteiger partial charge >= 0.3 is 5.97 Å². The molecule has 0 spiro atoms. The van der Waals surface area contributed by atoms with Crippen LogP contribution < -0.4 is 18.9 Å². The molecular weight excluding hydrogens is 350 g/mol. The molecule has 2 aromatic rings. The summed E-state index contributed by atoms with van der Waals surface area (Å²) in [6, 6.07) is 7.48. The standard InChI is InChI=1S/C20H17NO6/c1-21-5-4-11-7-16-17(26-9-25-16)8-12(11)6-14(21)13-2-3-15-19(27-10-24-15)18(13)20(22)23/h2-3,6-8H,4-5,9-10H2,1H3,(H,22,23). The van der Waals surface area contributed by atoms with E-state index in [0.29, 0.717) is 17.1 Å². The molecule has 7 nitrogen and oxygen atoms in total. The number of fused-ring (bicyclic) bond motifs is 3. The fourth-order valence-corrected chi connectivity index (χ4v) is 3.70. The number of nitrogens with zero attached hydrogens (tertiary/aromatic N) is 1. The molecular formula is C20H17NO6. The van der Waals surface area contributed by atoms with E-state index >= 15 is 0 Å². The highest BCUT2D eigenvalue weighted by Crippen LogP contribution is 2.42. The summed E-state index contributed by atoms with van der Waals surface area (Å²) in [4.78, 5) is 14.1. The minimum absolute atomic E-state index is 0.0280. The van der Waals surface area contributed by atoms with Crippen molar-refractivity contribution >= 4 is 17.7 Å². The number of hydrogen-bond donors (Lipinski definition) is 1. The van der Waals surface area contributed by atoms with Gasteiger partial charge in [0, 0.05) is 24.9 Å². The number of ether oxygens (including phenoxy) is 4. The van der Waals surface area contributed by atoms with Gasteiger partial charge in [0.2, 0.25) is 13.6 Å².